The highest BCUT2D eigenvalue weighted by molar-refractivity contribution is 5.95. The summed E-state index contributed by atoms with van der Waals surface area (Å²) >= 11 is 0. The van der Waals surface area contributed by atoms with Crippen LogP contribution in [0.5, 0.6) is 23.0 Å². The van der Waals surface area contributed by atoms with Crippen LogP contribution in [0.3, 0.4) is 0 Å². The summed E-state index contributed by atoms with van der Waals surface area (Å²) in [6.07, 6.45) is 10.4. The Labute approximate surface area is 465 Å². The molecular formula is C63H80N6O10. The van der Waals surface area contributed by atoms with E-state index in [4.69, 9.17) is 29.1 Å². The molecule has 2 aliphatic rings. The number of ether oxygens (including phenoxy) is 4. The van der Waals surface area contributed by atoms with E-state index in [-0.39, 0.29) is 60.0 Å². The highest BCUT2D eigenvalue weighted by Crippen LogP contribution is 2.44. The van der Waals surface area contributed by atoms with Crippen molar-refractivity contribution in [3.05, 3.63) is 132 Å². The van der Waals surface area contributed by atoms with Gasteiger partial charge in [-0.1, -0.05) is 140 Å². The lowest BCUT2D eigenvalue weighted by Crippen LogP contribution is -2.37. The molecule has 2 unspecified atom stereocenters. The molecule has 8 rings (SSSR count). The first-order valence-corrected chi connectivity index (χ1v) is 28.0. The second-order valence-electron chi connectivity index (χ2n) is 21.9. The Balaban J connectivity index is 0.000000229. The van der Waals surface area contributed by atoms with Crippen LogP contribution in [-0.2, 0) is 22.8 Å². The van der Waals surface area contributed by atoms with Gasteiger partial charge in [-0.15, -0.1) is 0 Å². The zero-order chi connectivity index (χ0) is 56.4. The van der Waals surface area contributed by atoms with Gasteiger partial charge < -0.3 is 39.8 Å². The van der Waals surface area contributed by atoms with Crippen molar-refractivity contribution in [2.75, 3.05) is 14.2 Å². The fourth-order valence-corrected chi connectivity index (χ4v) is 10.9. The molecule has 0 radical (unpaired) electrons. The average Bonchev–Trinajstić information content (AvgIpc) is 4.12. The van der Waals surface area contributed by atoms with E-state index in [1.54, 1.807) is 26.4 Å². The van der Waals surface area contributed by atoms with Crippen LogP contribution < -0.4 is 29.6 Å². The van der Waals surface area contributed by atoms with Gasteiger partial charge in [-0.05, 0) is 104 Å². The number of hydrogen-bond donors (Lipinski definition) is 4. The molecule has 79 heavy (non-hydrogen) atoms. The maximum atomic E-state index is 13.5. The van der Waals surface area contributed by atoms with Crippen LogP contribution in [0.15, 0.2) is 109 Å². The van der Waals surface area contributed by atoms with E-state index < -0.39 is 24.0 Å². The highest BCUT2D eigenvalue weighted by Gasteiger charge is 2.31. The topological polar surface area (TPSA) is 205 Å². The van der Waals surface area contributed by atoms with Gasteiger partial charge in [0.05, 0.1) is 61.7 Å². The van der Waals surface area contributed by atoms with Crippen LogP contribution in [0, 0.1) is 17.8 Å². The summed E-state index contributed by atoms with van der Waals surface area (Å²) in [6, 6.07) is 34.2. The van der Waals surface area contributed by atoms with Crippen molar-refractivity contribution < 1.29 is 48.3 Å². The van der Waals surface area contributed by atoms with Crippen LogP contribution in [0.25, 0.3) is 22.5 Å². The minimum absolute atomic E-state index is 0.123. The second-order valence-corrected chi connectivity index (χ2v) is 21.9. The first-order valence-electron chi connectivity index (χ1n) is 28.0. The SMILES string of the molecule is COc1cccc(OCc2ccccc2)c1-c1cc(C(=O)N[C@H](CC(=O)O)CC(C)C)nn1C1CCCC(C)C1.COc1cccc(OCc2ccccc2)c1-c1cc(C(=O)N[C@H](CC(=O)O)CC(C)C)nn1C1CCCCC1. The number of rotatable bonds is 24. The number of amides is 2. The van der Waals surface area contributed by atoms with Crippen LogP contribution in [-0.4, -0.2) is 79.8 Å². The van der Waals surface area contributed by atoms with E-state index in [9.17, 15) is 29.4 Å². The third-order valence-electron chi connectivity index (χ3n) is 14.5. The maximum Gasteiger partial charge on any atom is 0.305 e. The maximum absolute atomic E-state index is 13.5. The van der Waals surface area contributed by atoms with Crippen molar-refractivity contribution in [1.29, 1.82) is 0 Å². The molecular weight excluding hydrogens is 1000 g/mol. The lowest BCUT2D eigenvalue weighted by Gasteiger charge is -2.28. The van der Waals surface area contributed by atoms with Crippen LogP contribution >= 0.6 is 0 Å². The van der Waals surface area contributed by atoms with Crippen LogP contribution in [0.2, 0.25) is 0 Å². The third kappa shape index (κ3) is 16.7. The molecule has 0 saturated heterocycles. The normalized spacial score (nSPS) is 16.3. The standard InChI is InChI=1S/C32H41N3O5.C31H39N3O5/c1-21(2)16-24(18-30(36)37)33-32(38)26-19-27(35(34-26)25-13-8-10-22(3)17-25)31-28(39-4)14-9-15-29(31)40-20-23-11-6-5-7-12-23;1-21(2)17-23(18-29(35)36)32-31(37)25-19-26(34(33-25)24-13-8-5-9-14-24)30-27(38-3)15-10-16-28(30)39-20-22-11-6-4-7-12-22/h5-7,9,11-12,14-15,19,21-22,24-25H,8,10,13,16-18,20H2,1-4H3,(H,33,38)(H,36,37);4,6-7,10-12,15-16,19,21,23-24H,5,8-9,13-14,17-18,20H2,1-3H3,(H,32,37)(H,35,36)/t22?,24-,25?;23-/m00/s1. The van der Waals surface area contributed by atoms with Crippen molar-refractivity contribution in [3.63, 3.8) is 0 Å². The summed E-state index contributed by atoms with van der Waals surface area (Å²) in [5, 5.41) is 34.3. The molecule has 2 heterocycles. The van der Waals surface area contributed by atoms with E-state index in [1.165, 1.54) is 12.8 Å². The molecule has 0 aliphatic heterocycles. The summed E-state index contributed by atoms with van der Waals surface area (Å²) in [5.41, 5.74) is 5.60. The van der Waals surface area contributed by atoms with Gasteiger partial charge in [0.25, 0.3) is 11.8 Å². The van der Waals surface area contributed by atoms with E-state index in [1.807, 2.05) is 134 Å². The number of aromatic nitrogens is 4. The number of nitrogens with zero attached hydrogens (tertiary/aromatic N) is 4. The average molecular weight is 1080 g/mol. The minimum Gasteiger partial charge on any atom is -0.496 e. The van der Waals surface area contributed by atoms with E-state index in [0.29, 0.717) is 55.0 Å². The number of nitrogens with one attached hydrogen (secondary N) is 2. The molecule has 4 aromatic carbocycles. The Hall–Kier alpha value is -7.62. The van der Waals surface area contributed by atoms with Gasteiger partial charge in [0.15, 0.2) is 11.4 Å². The number of hydrogen-bond acceptors (Lipinski definition) is 10. The molecule has 2 aromatic heterocycles. The fraction of sp³-hybridized carbons (Fsp3) is 0.460. The predicted molar refractivity (Wildman–Crippen MR) is 305 cm³/mol. The number of benzene rings is 4. The lowest BCUT2D eigenvalue weighted by atomic mass is 9.87. The quantitative estimate of drug-likeness (QED) is 0.0447. The molecule has 4 atom stereocenters. The predicted octanol–water partition coefficient (Wildman–Crippen LogP) is 12.8. The zero-order valence-corrected chi connectivity index (χ0v) is 47.0. The van der Waals surface area contributed by atoms with Gasteiger partial charge in [0.2, 0.25) is 0 Å². The largest absolute Gasteiger partial charge is 0.496 e. The van der Waals surface area contributed by atoms with Crippen molar-refractivity contribution in [2.45, 2.75) is 155 Å². The fourth-order valence-electron chi connectivity index (χ4n) is 10.9. The van der Waals surface area contributed by atoms with Crippen molar-refractivity contribution in [3.8, 4) is 45.5 Å². The summed E-state index contributed by atoms with van der Waals surface area (Å²) in [5.74, 6) is 0.935. The number of methoxy groups -OCH3 is 2. The Morgan fingerprint density at radius 1 is 0.557 bits per heavy atom. The monoisotopic (exact) mass is 1080 g/mol. The Morgan fingerprint density at radius 2 is 0.975 bits per heavy atom. The summed E-state index contributed by atoms with van der Waals surface area (Å²) < 4.78 is 28.1. The number of carbonyl (C=O) groups is 4. The lowest BCUT2D eigenvalue weighted by molar-refractivity contribution is -0.138. The van der Waals surface area contributed by atoms with Crippen molar-refractivity contribution in [2.24, 2.45) is 17.8 Å². The first-order chi connectivity index (χ1) is 38.1. The van der Waals surface area contributed by atoms with Crippen molar-refractivity contribution in [1.82, 2.24) is 30.2 Å². The summed E-state index contributed by atoms with van der Waals surface area (Å²) in [7, 11) is 3.25. The third-order valence-corrected chi connectivity index (χ3v) is 14.5. The molecule has 16 heteroatoms. The number of aliphatic carboxylic acids is 2. The molecule has 0 spiro atoms. The van der Waals surface area contributed by atoms with E-state index >= 15 is 0 Å². The molecule has 6 aromatic rings. The van der Waals surface area contributed by atoms with Gasteiger partial charge in [0.1, 0.15) is 36.2 Å². The first kappa shape index (κ1) is 59.0. The number of carbonyl (C=O) groups excluding carboxylic acids is 2. The molecule has 2 aliphatic carbocycles. The van der Waals surface area contributed by atoms with Gasteiger partial charge in [-0.3, -0.25) is 28.5 Å². The Kier molecular flexibility index (Phi) is 21.6. The molecule has 0 bridgehead atoms. The van der Waals surface area contributed by atoms with Gasteiger partial charge in [0, 0.05) is 12.1 Å². The van der Waals surface area contributed by atoms with E-state index in [2.05, 4.69) is 17.6 Å². The van der Waals surface area contributed by atoms with Gasteiger partial charge in [-0.25, -0.2) is 0 Å². The minimum atomic E-state index is -0.942. The summed E-state index contributed by atoms with van der Waals surface area (Å²) in [6.45, 7) is 11.1. The van der Waals surface area contributed by atoms with Gasteiger partial charge in [-0.2, -0.15) is 10.2 Å². The molecule has 16 nitrogen and oxygen atoms in total. The molecule has 2 fully saturated rings. The second kappa shape index (κ2) is 28.8. The molecule has 422 valence electrons. The smallest absolute Gasteiger partial charge is 0.305 e. The number of carboxylic acid groups (broad SMARTS) is 2. The van der Waals surface area contributed by atoms with Crippen molar-refractivity contribution >= 4 is 23.8 Å². The van der Waals surface area contributed by atoms with Gasteiger partial charge >= 0.3 is 11.9 Å². The zero-order valence-electron chi connectivity index (χ0n) is 47.0. The van der Waals surface area contributed by atoms with Crippen LogP contribution in [0.1, 0.15) is 162 Å². The van der Waals surface area contributed by atoms with Crippen LogP contribution in [0.4, 0.5) is 0 Å². The number of carboxylic acids is 2. The Bertz CT molecular complexity index is 2930. The molecule has 2 saturated carbocycles. The molecule has 2 amide bonds. The summed E-state index contributed by atoms with van der Waals surface area (Å²) in [4.78, 5) is 49.8. The highest BCUT2D eigenvalue weighted by atomic mass is 16.5. The molecule has 4 N–H and O–H groups in total. The Morgan fingerprint density at radius 3 is 1.38 bits per heavy atom. The van der Waals surface area contributed by atoms with E-state index in [0.717, 1.165) is 78.6 Å².